The molecule has 1 aliphatic heterocycles. The van der Waals surface area contributed by atoms with E-state index in [1.165, 1.54) is 0 Å². The Hall–Kier alpha value is -1.48. The first-order valence-electron chi connectivity index (χ1n) is 5.57. The summed E-state index contributed by atoms with van der Waals surface area (Å²) in [6.45, 7) is 5.85. The highest BCUT2D eigenvalue weighted by Gasteiger charge is 2.13. The van der Waals surface area contributed by atoms with Gasteiger partial charge in [0.05, 0.1) is 4.91 Å². The maximum absolute atomic E-state index is 11.8. The van der Waals surface area contributed by atoms with Gasteiger partial charge < -0.3 is 5.32 Å². The molecule has 1 aliphatic rings. The summed E-state index contributed by atoms with van der Waals surface area (Å²) in [6, 6.07) is 7.74. The summed E-state index contributed by atoms with van der Waals surface area (Å²) in [5.74, 6) is 1.01. The van der Waals surface area contributed by atoms with E-state index < -0.39 is 0 Å². The Morgan fingerprint density at radius 2 is 2.06 bits per heavy atom. The average Bonchev–Trinajstić information content (AvgIpc) is 2.83. The molecular weight excluding hydrogens is 230 g/mol. The van der Waals surface area contributed by atoms with Gasteiger partial charge in [-0.2, -0.15) is 0 Å². The van der Waals surface area contributed by atoms with E-state index in [-0.39, 0.29) is 5.91 Å². The lowest BCUT2D eigenvalue weighted by molar-refractivity contribution is -0.112. The van der Waals surface area contributed by atoms with Crippen molar-refractivity contribution in [2.24, 2.45) is 0 Å². The molecule has 0 aromatic heterocycles. The van der Waals surface area contributed by atoms with Crippen LogP contribution in [0.15, 0.2) is 41.8 Å². The first-order chi connectivity index (χ1) is 8.16. The van der Waals surface area contributed by atoms with Gasteiger partial charge in [0.15, 0.2) is 0 Å². The zero-order valence-electron chi connectivity index (χ0n) is 9.82. The van der Waals surface area contributed by atoms with Gasteiger partial charge in [-0.05, 0) is 31.0 Å². The van der Waals surface area contributed by atoms with Crippen LogP contribution in [-0.2, 0) is 4.79 Å². The maximum Gasteiger partial charge on any atom is 0.261 e. The third kappa shape index (κ3) is 3.01. The minimum absolute atomic E-state index is 0.00410. The zero-order valence-corrected chi connectivity index (χ0v) is 10.6. The second-order valence-corrected chi connectivity index (χ2v) is 5.15. The zero-order chi connectivity index (χ0) is 12.3. The molecule has 0 bridgehead atoms. The number of rotatable bonds is 3. The summed E-state index contributed by atoms with van der Waals surface area (Å²) >= 11 is 1.61. The van der Waals surface area contributed by atoms with Crippen molar-refractivity contribution in [2.75, 3.05) is 11.1 Å². The summed E-state index contributed by atoms with van der Waals surface area (Å²) in [4.78, 5) is 12.6. The van der Waals surface area contributed by atoms with Crippen molar-refractivity contribution in [2.45, 2.75) is 13.3 Å². The van der Waals surface area contributed by atoms with Gasteiger partial charge in [-0.25, -0.2) is 0 Å². The summed E-state index contributed by atoms with van der Waals surface area (Å²) in [5.41, 5.74) is 2.95. The Morgan fingerprint density at radius 3 is 2.59 bits per heavy atom. The van der Waals surface area contributed by atoms with Crippen LogP contribution in [0.25, 0.3) is 5.57 Å². The smallest absolute Gasteiger partial charge is 0.261 e. The highest BCUT2D eigenvalue weighted by Crippen LogP contribution is 2.26. The molecule has 1 N–H and O–H groups in total. The van der Waals surface area contributed by atoms with Crippen molar-refractivity contribution in [3.05, 3.63) is 47.4 Å². The number of allylic oxidation sites excluding steroid dienone is 2. The second-order valence-electron chi connectivity index (χ2n) is 4.02. The van der Waals surface area contributed by atoms with Gasteiger partial charge in [0, 0.05) is 11.4 Å². The lowest BCUT2D eigenvalue weighted by Gasteiger charge is -2.06. The second kappa shape index (κ2) is 5.23. The van der Waals surface area contributed by atoms with Crippen LogP contribution in [0, 0.1) is 0 Å². The van der Waals surface area contributed by atoms with E-state index in [1.807, 2.05) is 37.3 Å². The fourth-order valence-corrected chi connectivity index (χ4v) is 2.48. The first kappa shape index (κ1) is 12.0. The third-order valence-corrected chi connectivity index (χ3v) is 3.67. The molecule has 0 saturated carbocycles. The predicted molar refractivity (Wildman–Crippen MR) is 74.9 cm³/mol. The highest BCUT2D eigenvalue weighted by molar-refractivity contribution is 8.04. The number of benzene rings is 1. The van der Waals surface area contributed by atoms with Crippen LogP contribution >= 0.6 is 11.8 Å². The Balaban J connectivity index is 2.03. The Morgan fingerprint density at radius 1 is 1.35 bits per heavy atom. The lowest BCUT2D eigenvalue weighted by Crippen LogP contribution is -2.11. The molecule has 0 fully saturated rings. The summed E-state index contributed by atoms with van der Waals surface area (Å²) in [5, 5.41) is 2.89. The van der Waals surface area contributed by atoms with Crippen molar-refractivity contribution < 1.29 is 4.79 Å². The molecule has 2 nitrogen and oxygen atoms in total. The van der Waals surface area contributed by atoms with E-state index in [4.69, 9.17) is 0 Å². The third-order valence-electron chi connectivity index (χ3n) is 2.56. The van der Waals surface area contributed by atoms with Crippen LogP contribution in [0.3, 0.4) is 0 Å². The van der Waals surface area contributed by atoms with E-state index in [1.54, 1.807) is 11.8 Å². The van der Waals surface area contributed by atoms with Crippen molar-refractivity contribution in [3.63, 3.8) is 0 Å². The van der Waals surface area contributed by atoms with Crippen LogP contribution < -0.4 is 5.32 Å². The molecule has 17 heavy (non-hydrogen) atoms. The van der Waals surface area contributed by atoms with Crippen molar-refractivity contribution in [1.29, 1.82) is 0 Å². The molecule has 3 heteroatoms. The fraction of sp³-hybridized carbons (Fsp3) is 0.214. The largest absolute Gasteiger partial charge is 0.322 e. The Bertz CT molecular complexity index is 474. The van der Waals surface area contributed by atoms with Crippen molar-refractivity contribution >= 4 is 28.9 Å². The summed E-state index contributed by atoms with van der Waals surface area (Å²) in [6.07, 6.45) is 2.98. The number of carbonyl (C=O) groups excluding carboxylic acids is 1. The quantitative estimate of drug-likeness (QED) is 0.880. The summed E-state index contributed by atoms with van der Waals surface area (Å²) < 4.78 is 0. The molecule has 1 amide bonds. The Labute approximate surface area is 106 Å². The van der Waals surface area contributed by atoms with Crippen LogP contribution in [-0.4, -0.2) is 11.7 Å². The van der Waals surface area contributed by atoms with Crippen LogP contribution in [0.2, 0.25) is 0 Å². The molecule has 0 unspecified atom stereocenters. The van der Waals surface area contributed by atoms with Gasteiger partial charge in [0.2, 0.25) is 0 Å². The van der Waals surface area contributed by atoms with Gasteiger partial charge in [-0.15, -0.1) is 11.8 Å². The lowest BCUT2D eigenvalue weighted by atomic mass is 10.1. The van der Waals surface area contributed by atoms with Crippen molar-refractivity contribution in [1.82, 2.24) is 0 Å². The van der Waals surface area contributed by atoms with Crippen LogP contribution in [0.4, 0.5) is 5.69 Å². The molecule has 0 atom stereocenters. The number of hydrogen-bond donors (Lipinski definition) is 1. The molecule has 88 valence electrons. The molecule has 1 aromatic carbocycles. The molecule has 2 rings (SSSR count). The van der Waals surface area contributed by atoms with Crippen molar-refractivity contribution in [3.8, 4) is 0 Å². The van der Waals surface area contributed by atoms with Crippen LogP contribution in [0.1, 0.15) is 18.9 Å². The molecule has 0 aliphatic carbocycles. The molecule has 1 aromatic rings. The van der Waals surface area contributed by atoms with Gasteiger partial charge in [-0.3, -0.25) is 4.79 Å². The molecule has 0 spiro atoms. The minimum Gasteiger partial charge on any atom is -0.322 e. The van der Waals surface area contributed by atoms with Gasteiger partial charge in [0.1, 0.15) is 0 Å². The van der Waals surface area contributed by atoms with E-state index in [0.29, 0.717) is 0 Å². The molecule has 0 radical (unpaired) electrons. The first-order valence-corrected chi connectivity index (χ1v) is 6.55. The number of amides is 1. The van der Waals surface area contributed by atoms with Gasteiger partial charge in [0.25, 0.3) is 5.91 Å². The average molecular weight is 245 g/mol. The number of nitrogens with one attached hydrogen (secondary N) is 1. The topological polar surface area (TPSA) is 29.1 Å². The summed E-state index contributed by atoms with van der Waals surface area (Å²) in [7, 11) is 0. The molecular formula is C14H15NOS. The normalized spacial score (nSPS) is 14.3. The number of carbonyl (C=O) groups is 1. The molecule has 0 saturated heterocycles. The van der Waals surface area contributed by atoms with E-state index in [2.05, 4.69) is 11.9 Å². The van der Waals surface area contributed by atoms with E-state index >= 15 is 0 Å². The Kier molecular flexibility index (Phi) is 3.69. The number of anilines is 1. The van der Waals surface area contributed by atoms with Gasteiger partial charge in [-0.1, -0.05) is 30.4 Å². The number of thioether (sulfide) groups is 1. The monoisotopic (exact) mass is 245 g/mol. The standard InChI is InChI=1S/C14H15NOS/c1-10(2)11-5-7-12(8-6-11)15-14(16)13-4-3-9-17-13/h4-8H,1,3,9H2,2H3,(H,15,16). The van der Waals surface area contributed by atoms with Crippen LogP contribution in [0.5, 0.6) is 0 Å². The van der Waals surface area contributed by atoms with Gasteiger partial charge >= 0.3 is 0 Å². The fourth-order valence-electron chi connectivity index (χ4n) is 1.61. The minimum atomic E-state index is -0.00410. The maximum atomic E-state index is 11.8. The molecule has 1 heterocycles. The predicted octanol–water partition coefficient (Wildman–Crippen LogP) is 3.68. The van der Waals surface area contributed by atoms with E-state index in [9.17, 15) is 4.79 Å². The number of hydrogen-bond acceptors (Lipinski definition) is 2. The highest BCUT2D eigenvalue weighted by atomic mass is 32.2. The van der Waals surface area contributed by atoms with E-state index in [0.717, 1.165) is 33.9 Å². The SMILES string of the molecule is C=C(C)c1ccc(NC(=O)C2=CCCS2)cc1.